The van der Waals surface area contributed by atoms with Gasteiger partial charge in [0.15, 0.2) is 0 Å². The molecule has 6 bridgehead atoms. The first-order chi connectivity index (χ1) is 13.3. The van der Waals surface area contributed by atoms with E-state index in [0.29, 0.717) is 0 Å². The molecule has 0 unspecified atom stereocenters. The molecular weight excluding hydrogens is 589 g/mol. The van der Waals surface area contributed by atoms with E-state index in [1.165, 1.54) is 0 Å². The van der Waals surface area contributed by atoms with Gasteiger partial charge in [-0.15, -0.1) is 0 Å². The van der Waals surface area contributed by atoms with Gasteiger partial charge in [-0.1, -0.05) is 53.5 Å². The molecule has 0 aromatic carbocycles. The van der Waals surface area contributed by atoms with Gasteiger partial charge in [0.25, 0.3) is 0 Å². The molecule has 4 rings (SSSR count). The maximum atomic E-state index is 7.00. The van der Waals surface area contributed by atoms with Gasteiger partial charge >= 0.3 is 19.8 Å². The number of fused-ring (bicyclic) bond motifs is 6. The van der Waals surface area contributed by atoms with Crippen LogP contribution in [0.15, 0.2) is 84.8 Å². The van der Waals surface area contributed by atoms with Crippen molar-refractivity contribution in [1.29, 1.82) is 10.5 Å². The molecule has 1 aliphatic rings. The molecule has 3 aromatic heterocycles. The Balaban J connectivity index is 0.000000957. The van der Waals surface area contributed by atoms with Crippen LogP contribution >= 0.6 is 35.3 Å². The fourth-order valence-electron chi connectivity index (χ4n) is 1.85. The van der Waals surface area contributed by atoms with Crippen molar-refractivity contribution in [2.75, 3.05) is 7.11 Å². The third-order valence-corrected chi connectivity index (χ3v) is 5.34. The predicted molar refractivity (Wildman–Crippen MR) is 103 cm³/mol. The van der Waals surface area contributed by atoms with E-state index in [4.69, 9.17) is 28.8 Å². The molecule has 142 valence electrons. The Labute approximate surface area is 189 Å². The van der Waals surface area contributed by atoms with Gasteiger partial charge in [0.05, 0.1) is 0 Å². The Morgan fingerprint density at radius 3 is 0.929 bits per heavy atom. The second-order valence-electron chi connectivity index (χ2n) is 4.25. The summed E-state index contributed by atoms with van der Waals surface area (Å²) >= 11 is 4.75. The zero-order valence-corrected chi connectivity index (χ0v) is 19.4. The van der Waals surface area contributed by atoms with E-state index in [1.807, 2.05) is 54.6 Å². The predicted octanol–water partition coefficient (Wildman–Crippen LogP) is 4.44. The number of pyridine rings is 3. The number of rotatable bonds is 0. The van der Waals surface area contributed by atoms with Crippen molar-refractivity contribution < 1.29 is 24.9 Å². The number of aliphatic hydroxyl groups excluding tert-OH is 1. The van der Waals surface area contributed by atoms with E-state index in [-0.39, 0.29) is 19.8 Å². The van der Waals surface area contributed by atoms with Crippen LogP contribution in [0.1, 0.15) is 0 Å². The zero-order chi connectivity index (χ0) is 20.1. The monoisotopic (exact) mass is 603 g/mol. The standard InChI is InChI=1S/C15H9N3S3.2CN.CH4O.Os/c1-4-10-16-11(5-1)20-13-7-3-9-15(18-13)21-14-8-2-6-12(17-14)19-10;3*1-2;/h1-9H;;;2H,1H3;/q;2*-1;;+2. The molecule has 1 N–H and O–H groups in total. The molecule has 28 heavy (non-hydrogen) atoms. The van der Waals surface area contributed by atoms with Crippen LogP contribution in [-0.2, 0) is 19.8 Å². The quantitative estimate of drug-likeness (QED) is 0.293. The van der Waals surface area contributed by atoms with Gasteiger partial charge in [-0.05, 0) is 36.4 Å². The minimum absolute atomic E-state index is 0. The summed E-state index contributed by atoms with van der Waals surface area (Å²) in [6, 6.07) is 18.1. The minimum atomic E-state index is 0. The van der Waals surface area contributed by atoms with Crippen molar-refractivity contribution in [2.24, 2.45) is 0 Å². The second kappa shape index (κ2) is 15.1. The molecule has 0 amide bonds. The number of aromatic nitrogens is 3. The van der Waals surface area contributed by atoms with E-state index in [2.05, 4.69) is 15.0 Å². The summed E-state index contributed by atoms with van der Waals surface area (Å²) in [5, 5.41) is 25.2. The average molecular weight is 602 g/mol. The number of nitrogens with zero attached hydrogens (tertiary/aromatic N) is 5. The fourth-order valence-corrected chi connectivity index (χ4v) is 4.41. The largest absolute Gasteiger partial charge is 2.00 e. The summed E-state index contributed by atoms with van der Waals surface area (Å²) in [6.45, 7) is 9.50. The molecule has 0 radical (unpaired) electrons. The molecule has 3 aromatic rings. The smallest absolute Gasteiger partial charge is 0.512 e. The van der Waals surface area contributed by atoms with Crippen molar-refractivity contribution >= 4 is 35.3 Å². The third-order valence-electron chi connectivity index (χ3n) is 2.72. The average Bonchev–Trinajstić information content (AvgIpc) is 2.73. The summed E-state index contributed by atoms with van der Waals surface area (Å²) in [7, 11) is 1.00. The molecule has 0 saturated heterocycles. The van der Waals surface area contributed by atoms with Gasteiger partial charge in [-0.2, -0.15) is 0 Å². The molecule has 0 spiro atoms. The Morgan fingerprint density at radius 1 is 0.571 bits per heavy atom. The fraction of sp³-hybridized carbons (Fsp3) is 0.0556. The zero-order valence-electron chi connectivity index (χ0n) is 14.5. The summed E-state index contributed by atoms with van der Waals surface area (Å²) in [5.74, 6) is 0. The topological polar surface area (TPSA) is 106 Å². The van der Waals surface area contributed by atoms with Crippen LogP contribution in [0.5, 0.6) is 0 Å². The van der Waals surface area contributed by atoms with Crippen molar-refractivity contribution in [3.8, 4) is 0 Å². The van der Waals surface area contributed by atoms with Crippen LogP contribution in [0, 0.1) is 23.7 Å². The van der Waals surface area contributed by atoms with Crippen LogP contribution in [0.25, 0.3) is 0 Å². The number of hydrogen-bond acceptors (Lipinski definition) is 9. The van der Waals surface area contributed by atoms with Crippen LogP contribution in [0.3, 0.4) is 0 Å². The summed E-state index contributed by atoms with van der Waals surface area (Å²) in [6.07, 6.45) is 0. The molecule has 0 saturated carbocycles. The molecule has 10 heteroatoms. The molecule has 0 atom stereocenters. The van der Waals surface area contributed by atoms with Gasteiger partial charge in [0, 0.05) is 7.11 Å². The van der Waals surface area contributed by atoms with Crippen molar-refractivity contribution in [3.05, 3.63) is 67.7 Å². The van der Waals surface area contributed by atoms with Crippen molar-refractivity contribution in [3.63, 3.8) is 0 Å². The molecule has 4 heterocycles. The molecule has 0 aliphatic carbocycles. The van der Waals surface area contributed by atoms with Crippen molar-refractivity contribution in [1.82, 2.24) is 15.0 Å². The SMILES string of the molecule is CO.[C-]#N.[C-]#N.[Os+2].c1cc2nc(c1)Sc1cccc(n1)Sc1cccc(n1)S2. The molecule has 1 aliphatic heterocycles. The maximum Gasteiger partial charge on any atom is 2.00 e. The second-order valence-corrected chi connectivity index (χ2v) is 7.37. The van der Waals surface area contributed by atoms with Gasteiger partial charge < -0.3 is 28.8 Å². The van der Waals surface area contributed by atoms with Gasteiger partial charge in [-0.25, -0.2) is 15.0 Å². The summed E-state index contributed by atoms with van der Waals surface area (Å²) in [5.41, 5.74) is 0. The minimum Gasteiger partial charge on any atom is -0.512 e. The number of aliphatic hydroxyl groups is 1. The Bertz CT molecular complexity index is 742. The van der Waals surface area contributed by atoms with E-state index < -0.39 is 0 Å². The Hall–Kier alpha value is -1.92. The molecular formula is C18H13N5OOsS3. The van der Waals surface area contributed by atoms with E-state index in [0.717, 1.165) is 37.3 Å². The molecule has 0 fully saturated rings. The first kappa shape index (κ1) is 26.1. The Morgan fingerprint density at radius 2 is 0.750 bits per heavy atom. The summed E-state index contributed by atoms with van der Waals surface area (Å²) in [4.78, 5) is 14.0. The van der Waals surface area contributed by atoms with E-state index in [1.54, 1.807) is 35.3 Å². The summed E-state index contributed by atoms with van der Waals surface area (Å²) < 4.78 is 0. The maximum absolute atomic E-state index is 7.00. The van der Waals surface area contributed by atoms with E-state index in [9.17, 15) is 0 Å². The van der Waals surface area contributed by atoms with Crippen LogP contribution < -0.4 is 0 Å². The third kappa shape index (κ3) is 7.98. The van der Waals surface area contributed by atoms with Gasteiger partial charge in [0.2, 0.25) is 0 Å². The van der Waals surface area contributed by atoms with Crippen molar-refractivity contribution in [2.45, 2.75) is 30.2 Å². The first-order valence-corrected chi connectivity index (χ1v) is 9.64. The first-order valence-electron chi connectivity index (χ1n) is 7.19. The van der Waals surface area contributed by atoms with E-state index >= 15 is 0 Å². The normalized spacial score (nSPS) is 10.2. The van der Waals surface area contributed by atoms with Crippen LogP contribution in [0.4, 0.5) is 0 Å². The molecule has 6 nitrogen and oxygen atoms in total. The van der Waals surface area contributed by atoms with Crippen LogP contribution in [-0.4, -0.2) is 27.2 Å². The Kier molecular flexibility index (Phi) is 14.0. The number of hydrogen-bond donors (Lipinski definition) is 1. The van der Waals surface area contributed by atoms with Crippen LogP contribution in [0.2, 0.25) is 0 Å². The van der Waals surface area contributed by atoms with Gasteiger partial charge in [0.1, 0.15) is 30.2 Å². The van der Waals surface area contributed by atoms with Gasteiger partial charge in [-0.3, -0.25) is 0 Å².